The van der Waals surface area contributed by atoms with Gasteiger partial charge >= 0.3 is 0 Å². The molecule has 0 amide bonds. The molecule has 1 unspecified atom stereocenters. The fraction of sp³-hybridized carbons (Fsp3) is 0.273. The highest BCUT2D eigenvalue weighted by Crippen LogP contribution is 2.21. The summed E-state index contributed by atoms with van der Waals surface area (Å²) in [5, 5.41) is 4.07. The Morgan fingerprint density at radius 1 is 1.64 bits per heavy atom. The first-order valence-corrected chi connectivity index (χ1v) is 5.60. The predicted octanol–water partition coefficient (Wildman–Crippen LogP) is 3.77. The Morgan fingerprint density at radius 3 is 2.93 bits per heavy atom. The Morgan fingerprint density at radius 2 is 2.36 bits per heavy atom. The minimum atomic E-state index is 0.317. The Kier molecular flexibility index (Phi) is 4.66. The van der Waals surface area contributed by atoms with Crippen LogP contribution in [0.5, 0.6) is 0 Å². The lowest BCUT2D eigenvalue weighted by Gasteiger charge is -2.10. The maximum Gasteiger partial charge on any atom is 0.0417 e. The summed E-state index contributed by atoms with van der Waals surface area (Å²) in [4.78, 5) is 0. The van der Waals surface area contributed by atoms with E-state index < -0.39 is 0 Å². The van der Waals surface area contributed by atoms with Crippen molar-refractivity contribution in [3.05, 3.63) is 45.9 Å². The maximum absolute atomic E-state index is 5.84. The van der Waals surface area contributed by atoms with Crippen LogP contribution in [0.25, 0.3) is 0 Å². The number of halogens is 2. The van der Waals surface area contributed by atoms with E-state index in [1.165, 1.54) is 5.56 Å². The highest BCUT2D eigenvalue weighted by Gasteiger charge is 2.01. The van der Waals surface area contributed by atoms with Crippen LogP contribution in [-0.2, 0) is 6.54 Å². The van der Waals surface area contributed by atoms with Gasteiger partial charge < -0.3 is 5.32 Å². The van der Waals surface area contributed by atoms with Gasteiger partial charge in [-0.15, -0.1) is 6.58 Å². The molecule has 1 aromatic rings. The molecule has 0 bridgehead atoms. The first-order chi connectivity index (χ1) is 6.63. The average Bonchev–Trinajstić information content (AvgIpc) is 2.16. The fourth-order valence-electron chi connectivity index (χ4n) is 1.02. The fourth-order valence-corrected chi connectivity index (χ4v) is 1.84. The zero-order chi connectivity index (χ0) is 10.6. The molecule has 0 aliphatic carbocycles. The molecule has 0 spiro atoms. The van der Waals surface area contributed by atoms with E-state index in [-0.39, 0.29) is 0 Å². The van der Waals surface area contributed by atoms with Crippen LogP contribution < -0.4 is 5.32 Å². The molecule has 0 aromatic heterocycles. The van der Waals surface area contributed by atoms with E-state index in [4.69, 9.17) is 11.6 Å². The number of benzene rings is 1. The van der Waals surface area contributed by atoms with Crippen molar-refractivity contribution in [2.75, 3.05) is 0 Å². The monoisotopic (exact) mass is 273 g/mol. The number of hydrogen-bond donors (Lipinski definition) is 1. The van der Waals surface area contributed by atoms with E-state index in [1.807, 2.05) is 24.3 Å². The largest absolute Gasteiger partial charge is 0.307 e. The summed E-state index contributed by atoms with van der Waals surface area (Å²) in [6.45, 7) is 6.59. The van der Waals surface area contributed by atoms with E-state index in [9.17, 15) is 0 Å². The van der Waals surface area contributed by atoms with Gasteiger partial charge in [-0.2, -0.15) is 0 Å². The van der Waals surface area contributed by atoms with Crippen LogP contribution >= 0.6 is 27.5 Å². The van der Waals surface area contributed by atoms with Crippen molar-refractivity contribution in [2.24, 2.45) is 0 Å². The standard InChI is InChI=1S/C11H13BrClN/c1-3-8(2)14-7-9-4-5-10(13)6-11(9)12/h3-6,8,14H,1,7H2,2H3. The van der Waals surface area contributed by atoms with Gasteiger partial charge in [0.2, 0.25) is 0 Å². The molecule has 1 aromatic carbocycles. The number of nitrogens with one attached hydrogen (secondary N) is 1. The molecule has 1 atom stereocenters. The summed E-state index contributed by atoms with van der Waals surface area (Å²) in [7, 11) is 0. The molecule has 14 heavy (non-hydrogen) atoms. The molecule has 1 rings (SSSR count). The van der Waals surface area contributed by atoms with Crippen molar-refractivity contribution in [1.82, 2.24) is 5.32 Å². The van der Waals surface area contributed by atoms with Crippen molar-refractivity contribution in [1.29, 1.82) is 0 Å². The average molecular weight is 275 g/mol. The van der Waals surface area contributed by atoms with Crippen LogP contribution in [0.2, 0.25) is 5.02 Å². The van der Waals surface area contributed by atoms with Crippen molar-refractivity contribution in [2.45, 2.75) is 19.5 Å². The third kappa shape index (κ3) is 3.45. The van der Waals surface area contributed by atoms with E-state index in [0.717, 1.165) is 16.0 Å². The van der Waals surface area contributed by atoms with Crippen LogP contribution in [0.4, 0.5) is 0 Å². The lowest BCUT2D eigenvalue weighted by Crippen LogP contribution is -2.23. The summed E-state index contributed by atoms with van der Waals surface area (Å²) in [5.74, 6) is 0. The van der Waals surface area contributed by atoms with E-state index in [2.05, 4.69) is 34.7 Å². The van der Waals surface area contributed by atoms with Crippen LogP contribution in [0.15, 0.2) is 35.3 Å². The summed E-state index contributed by atoms with van der Waals surface area (Å²) in [6, 6.07) is 6.12. The highest BCUT2D eigenvalue weighted by molar-refractivity contribution is 9.10. The first kappa shape index (κ1) is 11.8. The third-order valence-corrected chi connectivity index (χ3v) is 2.96. The molecule has 0 saturated heterocycles. The van der Waals surface area contributed by atoms with Crippen molar-refractivity contribution < 1.29 is 0 Å². The summed E-state index contributed by atoms with van der Waals surface area (Å²) < 4.78 is 1.04. The topological polar surface area (TPSA) is 12.0 Å². The van der Waals surface area contributed by atoms with E-state index in [1.54, 1.807) is 0 Å². The number of rotatable bonds is 4. The lowest BCUT2D eigenvalue weighted by atomic mass is 10.2. The minimum Gasteiger partial charge on any atom is -0.307 e. The van der Waals surface area contributed by atoms with Gasteiger partial charge in [0, 0.05) is 22.1 Å². The van der Waals surface area contributed by atoms with Gasteiger partial charge in [0.25, 0.3) is 0 Å². The third-order valence-electron chi connectivity index (χ3n) is 1.98. The van der Waals surface area contributed by atoms with Crippen LogP contribution in [0.3, 0.4) is 0 Å². The molecule has 0 fully saturated rings. The van der Waals surface area contributed by atoms with Crippen molar-refractivity contribution in [3.63, 3.8) is 0 Å². The second-order valence-corrected chi connectivity index (χ2v) is 4.43. The molecule has 0 aliphatic heterocycles. The lowest BCUT2D eigenvalue weighted by molar-refractivity contribution is 0.633. The molecular formula is C11H13BrClN. The van der Waals surface area contributed by atoms with Gasteiger partial charge in [-0.3, -0.25) is 0 Å². The minimum absolute atomic E-state index is 0.317. The molecule has 1 nitrogen and oxygen atoms in total. The van der Waals surface area contributed by atoms with Gasteiger partial charge in [0.05, 0.1) is 0 Å². The van der Waals surface area contributed by atoms with Gasteiger partial charge in [0.1, 0.15) is 0 Å². The zero-order valence-electron chi connectivity index (χ0n) is 8.06. The van der Waals surface area contributed by atoms with Gasteiger partial charge in [0.15, 0.2) is 0 Å². The molecule has 3 heteroatoms. The first-order valence-electron chi connectivity index (χ1n) is 4.43. The second kappa shape index (κ2) is 5.54. The van der Waals surface area contributed by atoms with Gasteiger partial charge in [-0.1, -0.05) is 39.7 Å². The summed E-state index contributed by atoms with van der Waals surface area (Å²) in [6.07, 6.45) is 1.88. The zero-order valence-corrected chi connectivity index (χ0v) is 10.4. The molecular weight excluding hydrogens is 261 g/mol. The van der Waals surface area contributed by atoms with Gasteiger partial charge in [-0.25, -0.2) is 0 Å². The SMILES string of the molecule is C=CC(C)NCc1ccc(Cl)cc1Br. The van der Waals surface area contributed by atoms with E-state index in [0.29, 0.717) is 6.04 Å². The Labute approximate surface area is 98.3 Å². The Balaban J connectivity index is 2.63. The Hall–Kier alpha value is -0.310. The Bertz CT molecular complexity index is 325. The molecule has 76 valence electrons. The molecule has 1 N–H and O–H groups in total. The van der Waals surface area contributed by atoms with Crippen LogP contribution in [0.1, 0.15) is 12.5 Å². The van der Waals surface area contributed by atoms with Crippen molar-refractivity contribution in [3.8, 4) is 0 Å². The number of hydrogen-bond acceptors (Lipinski definition) is 1. The second-order valence-electron chi connectivity index (χ2n) is 3.14. The highest BCUT2D eigenvalue weighted by atomic mass is 79.9. The van der Waals surface area contributed by atoms with Crippen molar-refractivity contribution >= 4 is 27.5 Å². The molecule has 0 heterocycles. The molecule has 0 saturated carbocycles. The summed E-state index contributed by atoms with van der Waals surface area (Å²) >= 11 is 9.31. The maximum atomic E-state index is 5.84. The van der Waals surface area contributed by atoms with Crippen LogP contribution in [-0.4, -0.2) is 6.04 Å². The van der Waals surface area contributed by atoms with E-state index >= 15 is 0 Å². The quantitative estimate of drug-likeness (QED) is 0.824. The van der Waals surface area contributed by atoms with Crippen LogP contribution in [0, 0.1) is 0 Å². The summed E-state index contributed by atoms with van der Waals surface area (Å²) in [5.41, 5.74) is 1.20. The normalized spacial score (nSPS) is 12.5. The molecule has 0 radical (unpaired) electrons. The molecule has 0 aliphatic rings. The predicted molar refractivity (Wildman–Crippen MR) is 65.7 cm³/mol. The van der Waals surface area contributed by atoms with Gasteiger partial charge in [-0.05, 0) is 24.6 Å². The smallest absolute Gasteiger partial charge is 0.0417 e.